The maximum Gasteiger partial charge on any atom is 0.259 e. The predicted molar refractivity (Wildman–Crippen MR) is 52.6 cm³/mol. The number of rotatable bonds is 2. The normalized spacial score (nSPS) is 10.7. The smallest absolute Gasteiger partial charge is 0.259 e. The summed E-state index contributed by atoms with van der Waals surface area (Å²) in [6.45, 7) is 0. The van der Waals surface area contributed by atoms with Crippen molar-refractivity contribution in [1.29, 1.82) is 5.26 Å². The Labute approximate surface area is 85.7 Å². The van der Waals surface area contributed by atoms with Crippen LogP contribution in [0.2, 0.25) is 0 Å². The number of phenolic OH excluding ortho intramolecular Hbond substituents is 2. The number of primary amides is 1. The summed E-state index contributed by atoms with van der Waals surface area (Å²) in [5.74, 6) is -1.21. The summed E-state index contributed by atoms with van der Waals surface area (Å²) >= 11 is 0. The Morgan fingerprint density at radius 1 is 1.47 bits per heavy atom. The molecule has 1 rings (SSSR count). The summed E-state index contributed by atoms with van der Waals surface area (Å²) in [6, 6.07) is 5.39. The molecular formula is C10H8N2O3. The zero-order valence-electron chi connectivity index (χ0n) is 7.64. The molecule has 1 amide bonds. The van der Waals surface area contributed by atoms with Crippen molar-refractivity contribution in [3.8, 4) is 17.6 Å². The van der Waals surface area contributed by atoms with E-state index in [0.717, 1.165) is 12.1 Å². The van der Waals surface area contributed by atoms with Gasteiger partial charge in [0.05, 0.1) is 0 Å². The molecule has 1 aromatic rings. The Hall–Kier alpha value is -2.48. The van der Waals surface area contributed by atoms with Gasteiger partial charge in [-0.1, -0.05) is 0 Å². The van der Waals surface area contributed by atoms with Gasteiger partial charge in [0.2, 0.25) is 0 Å². The van der Waals surface area contributed by atoms with E-state index in [2.05, 4.69) is 0 Å². The average Bonchev–Trinajstić information content (AvgIpc) is 2.16. The van der Waals surface area contributed by atoms with Crippen molar-refractivity contribution in [2.24, 2.45) is 5.73 Å². The first kappa shape index (κ1) is 10.6. The summed E-state index contributed by atoms with van der Waals surface area (Å²) in [6.07, 6.45) is 1.15. The minimum atomic E-state index is -0.870. The molecule has 5 nitrogen and oxygen atoms in total. The Bertz CT molecular complexity index is 472. The Morgan fingerprint density at radius 3 is 2.60 bits per heavy atom. The quantitative estimate of drug-likeness (QED) is 0.481. The summed E-state index contributed by atoms with van der Waals surface area (Å²) in [5.41, 5.74) is 4.89. The first-order valence-corrected chi connectivity index (χ1v) is 3.98. The number of phenols is 2. The third-order valence-electron chi connectivity index (χ3n) is 1.70. The molecule has 0 saturated heterocycles. The monoisotopic (exact) mass is 204 g/mol. The molecule has 0 fully saturated rings. The molecule has 0 atom stereocenters. The number of nitriles is 1. The first-order valence-electron chi connectivity index (χ1n) is 3.98. The molecule has 1 aromatic carbocycles. The predicted octanol–water partition coefficient (Wildman–Crippen LogP) is 0.490. The number of hydrogen-bond acceptors (Lipinski definition) is 4. The fourth-order valence-corrected chi connectivity index (χ4v) is 0.968. The molecule has 0 aliphatic heterocycles. The lowest BCUT2D eigenvalue weighted by Crippen LogP contribution is -2.12. The first-order chi connectivity index (χ1) is 7.04. The number of aromatic hydroxyl groups is 2. The molecule has 5 heteroatoms. The van der Waals surface area contributed by atoms with Gasteiger partial charge in [-0.05, 0) is 18.2 Å². The highest BCUT2D eigenvalue weighted by Gasteiger charge is 2.06. The van der Waals surface area contributed by atoms with Crippen LogP contribution in [0.1, 0.15) is 5.56 Å². The molecule has 76 valence electrons. The van der Waals surface area contributed by atoms with Gasteiger partial charge in [0.25, 0.3) is 5.91 Å². The molecule has 0 aliphatic carbocycles. The number of amides is 1. The van der Waals surface area contributed by atoms with Gasteiger partial charge in [0.1, 0.15) is 23.1 Å². The van der Waals surface area contributed by atoms with Gasteiger partial charge in [0.15, 0.2) is 0 Å². The lowest BCUT2D eigenvalue weighted by Gasteiger charge is -1.99. The van der Waals surface area contributed by atoms with Gasteiger partial charge in [-0.15, -0.1) is 0 Å². The van der Waals surface area contributed by atoms with E-state index in [1.54, 1.807) is 6.07 Å². The van der Waals surface area contributed by atoms with Gasteiger partial charge in [0, 0.05) is 11.6 Å². The fraction of sp³-hybridized carbons (Fsp3) is 0. The van der Waals surface area contributed by atoms with Gasteiger partial charge in [-0.3, -0.25) is 4.79 Å². The number of nitrogens with zero attached hydrogens (tertiary/aromatic N) is 1. The van der Waals surface area contributed by atoms with Crippen LogP contribution < -0.4 is 5.73 Å². The van der Waals surface area contributed by atoms with E-state index in [1.165, 1.54) is 12.1 Å². The highest BCUT2D eigenvalue weighted by molar-refractivity contribution is 6.00. The van der Waals surface area contributed by atoms with E-state index in [9.17, 15) is 9.90 Å². The Balaban J connectivity index is 3.19. The van der Waals surface area contributed by atoms with Crippen molar-refractivity contribution in [3.63, 3.8) is 0 Å². The van der Waals surface area contributed by atoms with Crippen LogP contribution in [0.3, 0.4) is 0 Å². The van der Waals surface area contributed by atoms with Crippen molar-refractivity contribution in [1.82, 2.24) is 0 Å². The van der Waals surface area contributed by atoms with Crippen molar-refractivity contribution in [2.75, 3.05) is 0 Å². The fourth-order valence-electron chi connectivity index (χ4n) is 0.968. The molecule has 15 heavy (non-hydrogen) atoms. The second-order valence-electron chi connectivity index (χ2n) is 2.78. The lowest BCUT2D eigenvalue weighted by molar-refractivity contribution is -0.114. The largest absolute Gasteiger partial charge is 0.508 e. The molecule has 0 unspecified atom stereocenters. The van der Waals surface area contributed by atoms with Crippen LogP contribution >= 0.6 is 0 Å². The standard InChI is InChI=1S/C10H8N2O3/c11-5-7(10(12)15)3-6-1-2-8(13)4-9(6)14/h1-4,13-14H,(H2,12,15)/b7-3-. The molecule has 4 N–H and O–H groups in total. The third kappa shape index (κ3) is 2.48. The van der Waals surface area contributed by atoms with Crippen LogP contribution in [0, 0.1) is 11.3 Å². The van der Waals surface area contributed by atoms with Crippen LogP contribution in [-0.2, 0) is 4.79 Å². The van der Waals surface area contributed by atoms with Crippen molar-refractivity contribution >= 4 is 12.0 Å². The number of benzene rings is 1. The van der Waals surface area contributed by atoms with Crippen molar-refractivity contribution < 1.29 is 15.0 Å². The van der Waals surface area contributed by atoms with Gasteiger partial charge in [-0.25, -0.2) is 0 Å². The van der Waals surface area contributed by atoms with Crippen LogP contribution in [-0.4, -0.2) is 16.1 Å². The summed E-state index contributed by atoms with van der Waals surface area (Å²) in [5, 5.41) is 26.9. The molecule has 0 aliphatic rings. The van der Waals surface area contributed by atoms with Crippen LogP contribution in [0.4, 0.5) is 0 Å². The van der Waals surface area contributed by atoms with E-state index in [4.69, 9.17) is 16.1 Å². The number of hydrogen-bond donors (Lipinski definition) is 3. The second-order valence-corrected chi connectivity index (χ2v) is 2.78. The maximum atomic E-state index is 10.7. The molecule has 0 bridgehead atoms. The second kappa shape index (κ2) is 4.15. The summed E-state index contributed by atoms with van der Waals surface area (Å²) in [4.78, 5) is 10.7. The maximum absolute atomic E-state index is 10.7. The van der Waals surface area contributed by atoms with Crippen LogP contribution in [0.5, 0.6) is 11.5 Å². The number of carbonyl (C=O) groups excluding carboxylic acids is 1. The Kier molecular flexibility index (Phi) is 2.94. The lowest BCUT2D eigenvalue weighted by atomic mass is 10.1. The number of carbonyl (C=O) groups is 1. The zero-order valence-corrected chi connectivity index (χ0v) is 7.64. The van der Waals surface area contributed by atoms with Crippen LogP contribution in [0.15, 0.2) is 23.8 Å². The molecular weight excluding hydrogens is 196 g/mol. The molecule has 0 radical (unpaired) electrons. The van der Waals surface area contributed by atoms with Crippen LogP contribution in [0.25, 0.3) is 6.08 Å². The Morgan fingerprint density at radius 2 is 2.13 bits per heavy atom. The third-order valence-corrected chi connectivity index (χ3v) is 1.70. The van der Waals surface area contributed by atoms with E-state index in [1.807, 2.05) is 0 Å². The summed E-state index contributed by atoms with van der Waals surface area (Å²) < 4.78 is 0. The average molecular weight is 204 g/mol. The number of nitrogens with two attached hydrogens (primary N) is 1. The molecule has 0 aromatic heterocycles. The highest BCUT2D eigenvalue weighted by Crippen LogP contribution is 2.24. The molecule has 0 saturated carbocycles. The van der Waals surface area contributed by atoms with Crippen molar-refractivity contribution in [3.05, 3.63) is 29.3 Å². The SMILES string of the molecule is N#C/C(=C/c1ccc(O)cc1O)C(N)=O. The molecule has 0 heterocycles. The van der Waals surface area contributed by atoms with Gasteiger partial charge >= 0.3 is 0 Å². The van der Waals surface area contributed by atoms with E-state index < -0.39 is 5.91 Å². The van der Waals surface area contributed by atoms with E-state index in [0.29, 0.717) is 0 Å². The zero-order chi connectivity index (χ0) is 11.4. The van der Waals surface area contributed by atoms with E-state index in [-0.39, 0.29) is 22.6 Å². The summed E-state index contributed by atoms with van der Waals surface area (Å²) in [7, 11) is 0. The topological polar surface area (TPSA) is 107 Å². The van der Waals surface area contributed by atoms with E-state index >= 15 is 0 Å². The van der Waals surface area contributed by atoms with Crippen molar-refractivity contribution in [2.45, 2.75) is 0 Å². The molecule has 0 spiro atoms. The minimum absolute atomic E-state index is 0.109. The van der Waals surface area contributed by atoms with Gasteiger partial charge in [-0.2, -0.15) is 5.26 Å². The van der Waals surface area contributed by atoms with Gasteiger partial charge < -0.3 is 15.9 Å². The minimum Gasteiger partial charge on any atom is -0.508 e. The highest BCUT2D eigenvalue weighted by atomic mass is 16.3.